The first-order valence-electron chi connectivity index (χ1n) is 6.34. The van der Waals surface area contributed by atoms with Crippen LogP contribution in [-0.2, 0) is 4.79 Å². The van der Waals surface area contributed by atoms with Gasteiger partial charge in [-0.15, -0.1) is 0 Å². The SMILES string of the molecule is O=COc1cc(NC(=O)c2cnccn2)c2ncccc2c1. The number of nitrogens with zero attached hydrogens (tertiary/aromatic N) is 3. The highest BCUT2D eigenvalue weighted by Gasteiger charge is 2.12. The molecule has 108 valence electrons. The lowest BCUT2D eigenvalue weighted by molar-refractivity contribution is -0.120. The topological polar surface area (TPSA) is 94.1 Å². The van der Waals surface area contributed by atoms with Crippen LogP contribution >= 0.6 is 0 Å². The Morgan fingerprint density at radius 3 is 2.86 bits per heavy atom. The van der Waals surface area contributed by atoms with E-state index >= 15 is 0 Å². The number of hydrogen-bond donors (Lipinski definition) is 1. The number of aromatic nitrogens is 3. The molecule has 0 saturated carbocycles. The van der Waals surface area contributed by atoms with Gasteiger partial charge >= 0.3 is 0 Å². The van der Waals surface area contributed by atoms with Crippen molar-refractivity contribution in [2.75, 3.05) is 5.32 Å². The molecule has 0 atom stereocenters. The first-order valence-corrected chi connectivity index (χ1v) is 6.34. The summed E-state index contributed by atoms with van der Waals surface area (Å²) in [6.07, 6.45) is 5.88. The van der Waals surface area contributed by atoms with Crippen molar-refractivity contribution < 1.29 is 14.3 Å². The first kappa shape index (κ1) is 13.6. The molecule has 1 aromatic carbocycles. The molecule has 0 aliphatic rings. The molecule has 0 spiro atoms. The lowest BCUT2D eigenvalue weighted by Gasteiger charge is -2.09. The molecule has 0 bridgehead atoms. The quantitative estimate of drug-likeness (QED) is 0.737. The van der Waals surface area contributed by atoms with Crippen LogP contribution in [0.3, 0.4) is 0 Å². The van der Waals surface area contributed by atoms with Gasteiger partial charge in [-0.3, -0.25) is 19.6 Å². The Bertz CT molecular complexity index is 837. The minimum absolute atomic E-state index is 0.174. The zero-order valence-electron chi connectivity index (χ0n) is 11.3. The Hall–Kier alpha value is -3.35. The van der Waals surface area contributed by atoms with E-state index in [0.717, 1.165) is 5.39 Å². The van der Waals surface area contributed by atoms with E-state index in [1.54, 1.807) is 24.4 Å². The lowest BCUT2D eigenvalue weighted by atomic mass is 10.1. The number of rotatable bonds is 4. The molecule has 0 fully saturated rings. The van der Waals surface area contributed by atoms with Crippen LogP contribution in [0.25, 0.3) is 10.9 Å². The van der Waals surface area contributed by atoms with Crippen LogP contribution in [0, 0.1) is 0 Å². The van der Waals surface area contributed by atoms with Crippen LogP contribution in [0.5, 0.6) is 5.75 Å². The molecule has 7 nitrogen and oxygen atoms in total. The van der Waals surface area contributed by atoms with Gasteiger partial charge in [0.25, 0.3) is 12.4 Å². The highest BCUT2D eigenvalue weighted by molar-refractivity contribution is 6.07. The van der Waals surface area contributed by atoms with E-state index in [-0.39, 0.29) is 5.69 Å². The van der Waals surface area contributed by atoms with Crippen molar-refractivity contribution in [1.29, 1.82) is 0 Å². The van der Waals surface area contributed by atoms with E-state index in [1.165, 1.54) is 24.7 Å². The van der Waals surface area contributed by atoms with Gasteiger partial charge < -0.3 is 10.1 Å². The summed E-state index contributed by atoms with van der Waals surface area (Å²) in [6.45, 7) is 0.325. The Labute approximate surface area is 125 Å². The van der Waals surface area contributed by atoms with Crippen molar-refractivity contribution in [1.82, 2.24) is 15.0 Å². The van der Waals surface area contributed by atoms with Gasteiger partial charge in [-0.2, -0.15) is 0 Å². The standard InChI is InChI=1S/C15H10N4O3/c20-9-22-11-6-10-2-1-3-18-14(10)12(7-11)19-15(21)13-8-16-4-5-17-13/h1-9H,(H,19,21). The van der Waals surface area contributed by atoms with E-state index < -0.39 is 5.91 Å². The monoisotopic (exact) mass is 294 g/mol. The predicted octanol–water partition coefficient (Wildman–Crippen LogP) is 1.81. The number of anilines is 1. The Balaban J connectivity index is 2.01. The Kier molecular flexibility index (Phi) is 3.69. The molecule has 1 amide bonds. The summed E-state index contributed by atoms with van der Waals surface area (Å²) in [4.78, 5) is 34.7. The molecular weight excluding hydrogens is 284 g/mol. The third-order valence-corrected chi connectivity index (χ3v) is 2.91. The maximum absolute atomic E-state index is 12.2. The molecule has 3 aromatic rings. The zero-order valence-corrected chi connectivity index (χ0v) is 11.3. The number of ether oxygens (including phenoxy) is 1. The summed E-state index contributed by atoms with van der Waals surface area (Å²) in [5.74, 6) is -0.117. The fraction of sp³-hybridized carbons (Fsp3) is 0. The van der Waals surface area contributed by atoms with Gasteiger partial charge in [-0.25, -0.2) is 4.98 Å². The fourth-order valence-corrected chi connectivity index (χ4v) is 1.99. The van der Waals surface area contributed by atoms with Crippen molar-refractivity contribution >= 4 is 29.0 Å². The van der Waals surface area contributed by atoms with E-state index in [2.05, 4.69) is 20.3 Å². The summed E-state index contributed by atoms with van der Waals surface area (Å²) < 4.78 is 4.85. The van der Waals surface area contributed by atoms with Crippen molar-refractivity contribution in [3.63, 3.8) is 0 Å². The minimum Gasteiger partial charge on any atom is -0.429 e. The lowest BCUT2D eigenvalue weighted by Crippen LogP contribution is -2.14. The van der Waals surface area contributed by atoms with Gasteiger partial charge in [0, 0.05) is 30.0 Å². The van der Waals surface area contributed by atoms with Crippen LogP contribution in [0.4, 0.5) is 5.69 Å². The van der Waals surface area contributed by atoms with E-state index in [4.69, 9.17) is 4.74 Å². The highest BCUT2D eigenvalue weighted by atomic mass is 16.5. The number of amides is 1. The number of carbonyl (C=O) groups is 2. The zero-order chi connectivity index (χ0) is 15.4. The summed E-state index contributed by atoms with van der Waals surface area (Å²) in [5.41, 5.74) is 1.18. The van der Waals surface area contributed by atoms with E-state index in [1.807, 2.05) is 0 Å². The molecule has 0 radical (unpaired) electrons. The molecular formula is C15H10N4O3. The van der Waals surface area contributed by atoms with E-state index in [0.29, 0.717) is 23.4 Å². The average molecular weight is 294 g/mol. The third-order valence-electron chi connectivity index (χ3n) is 2.91. The molecule has 0 aliphatic heterocycles. The number of hydrogen-bond acceptors (Lipinski definition) is 6. The van der Waals surface area contributed by atoms with Crippen molar-refractivity contribution in [2.24, 2.45) is 0 Å². The third kappa shape index (κ3) is 2.73. The summed E-state index contributed by atoms with van der Waals surface area (Å²) >= 11 is 0. The van der Waals surface area contributed by atoms with Gasteiger partial charge in [0.15, 0.2) is 0 Å². The van der Waals surface area contributed by atoms with Gasteiger partial charge in [-0.1, -0.05) is 6.07 Å². The Morgan fingerprint density at radius 1 is 1.18 bits per heavy atom. The van der Waals surface area contributed by atoms with Crippen molar-refractivity contribution in [3.05, 3.63) is 54.7 Å². The normalized spacial score (nSPS) is 10.2. The number of nitrogens with one attached hydrogen (secondary N) is 1. The van der Waals surface area contributed by atoms with Crippen LogP contribution in [-0.4, -0.2) is 27.3 Å². The number of benzene rings is 1. The van der Waals surface area contributed by atoms with Crippen LogP contribution < -0.4 is 10.1 Å². The largest absolute Gasteiger partial charge is 0.429 e. The molecule has 2 aromatic heterocycles. The summed E-state index contributed by atoms with van der Waals surface area (Å²) in [5, 5.41) is 3.43. The first-order chi connectivity index (χ1) is 10.8. The highest BCUT2D eigenvalue weighted by Crippen LogP contribution is 2.27. The minimum atomic E-state index is -0.427. The summed E-state index contributed by atoms with van der Waals surface area (Å²) in [6, 6.07) is 6.74. The van der Waals surface area contributed by atoms with Gasteiger partial charge in [0.05, 0.1) is 17.4 Å². The maximum Gasteiger partial charge on any atom is 0.298 e. The van der Waals surface area contributed by atoms with Crippen LogP contribution in [0.15, 0.2) is 49.1 Å². The Morgan fingerprint density at radius 2 is 2.09 bits per heavy atom. The van der Waals surface area contributed by atoms with Gasteiger partial charge in [0.2, 0.25) is 0 Å². The molecule has 0 unspecified atom stereocenters. The van der Waals surface area contributed by atoms with Crippen molar-refractivity contribution in [3.8, 4) is 5.75 Å². The second-order valence-electron chi connectivity index (χ2n) is 4.30. The fourth-order valence-electron chi connectivity index (χ4n) is 1.99. The molecule has 7 heteroatoms. The molecule has 0 aliphatic carbocycles. The maximum atomic E-state index is 12.2. The molecule has 3 rings (SSSR count). The van der Waals surface area contributed by atoms with E-state index in [9.17, 15) is 9.59 Å². The average Bonchev–Trinajstić information content (AvgIpc) is 2.56. The number of fused-ring (bicyclic) bond motifs is 1. The molecule has 1 N–H and O–H groups in total. The molecule has 2 heterocycles. The second-order valence-corrected chi connectivity index (χ2v) is 4.30. The van der Waals surface area contributed by atoms with Crippen LogP contribution in [0.2, 0.25) is 0 Å². The van der Waals surface area contributed by atoms with Gasteiger partial charge in [-0.05, 0) is 12.1 Å². The molecule has 0 saturated heterocycles. The molecule has 22 heavy (non-hydrogen) atoms. The number of pyridine rings is 1. The number of carbonyl (C=O) groups excluding carboxylic acids is 2. The smallest absolute Gasteiger partial charge is 0.298 e. The predicted molar refractivity (Wildman–Crippen MR) is 78.4 cm³/mol. The second kappa shape index (κ2) is 5.96. The van der Waals surface area contributed by atoms with Crippen molar-refractivity contribution in [2.45, 2.75) is 0 Å². The summed E-state index contributed by atoms with van der Waals surface area (Å²) in [7, 11) is 0. The van der Waals surface area contributed by atoms with Gasteiger partial charge in [0.1, 0.15) is 11.4 Å². The van der Waals surface area contributed by atoms with Crippen LogP contribution in [0.1, 0.15) is 10.5 Å².